The van der Waals surface area contributed by atoms with E-state index in [4.69, 9.17) is 5.73 Å². The van der Waals surface area contributed by atoms with Gasteiger partial charge in [0.1, 0.15) is 0 Å². The third-order valence-electron chi connectivity index (χ3n) is 4.41. The minimum atomic E-state index is -0.802. The van der Waals surface area contributed by atoms with Crippen molar-refractivity contribution < 1.29 is 9.90 Å². The zero-order valence-electron chi connectivity index (χ0n) is 13.1. The van der Waals surface area contributed by atoms with E-state index < -0.39 is 11.4 Å². The highest BCUT2D eigenvalue weighted by Crippen LogP contribution is 2.36. The summed E-state index contributed by atoms with van der Waals surface area (Å²) in [6, 6.07) is 17.7. The molecular weight excluding hydrogens is 274 g/mol. The van der Waals surface area contributed by atoms with Crippen molar-refractivity contribution in [3.8, 4) is 11.1 Å². The molecule has 0 saturated heterocycles. The maximum Gasteiger partial charge on any atom is 0.309 e. The summed E-state index contributed by atoms with van der Waals surface area (Å²) in [6.07, 6.45) is 0.978. The maximum absolute atomic E-state index is 11.5. The number of benzene rings is 2. The Kier molecular flexibility index (Phi) is 4.99. The van der Waals surface area contributed by atoms with Gasteiger partial charge < -0.3 is 10.8 Å². The number of carbonyl (C=O) groups is 1. The van der Waals surface area contributed by atoms with Gasteiger partial charge in [0.15, 0.2) is 0 Å². The van der Waals surface area contributed by atoms with Crippen molar-refractivity contribution in [2.75, 3.05) is 0 Å². The van der Waals surface area contributed by atoms with E-state index in [1.807, 2.05) is 61.5 Å². The molecule has 0 spiro atoms. The number of nitrogens with two attached hydrogens (primary N) is 1. The Morgan fingerprint density at radius 2 is 1.73 bits per heavy atom. The minimum Gasteiger partial charge on any atom is -0.481 e. The quantitative estimate of drug-likeness (QED) is 0.838. The Labute approximate surface area is 131 Å². The molecule has 22 heavy (non-hydrogen) atoms. The van der Waals surface area contributed by atoms with Gasteiger partial charge in [-0.15, -0.1) is 0 Å². The van der Waals surface area contributed by atoms with E-state index in [1.54, 1.807) is 6.92 Å². The smallest absolute Gasteiger partial charge is 0.309 e. The van der Waals surface area contributed by atoms with E-state index in [-0.39, 0.29) is 6.04 Å². The maximum atomic E-state index is 11.5. The second kappa shape index (κ2) is 6.75. The third kappa shape index (κ3) is 3.37. The minimum absolute atomic E-state index is 0.308. The molecule has 0 aromatic heterocycles. The summed E-state index contributed by atoms with van der Waals surface area (Å²) in [7, 11) is 0. The molecule has 0 saturated carbocycles. The Balaban J connectivity index is 2.35. The van der Waals surface area contributed by atoms with Crippen molar-refractivity contribution in [1.29, 1.82) is 0 Å². The van der Waals surface area contributed by atoms with Crippen molar-refractivity contribution in [2.24, 2.45) is 11.1 Å². The average molecular weight is 297 g/mol. The molecule has 0 fully saturated rings. The lowest BCUT2D eigenvalue weighted by Gasteiger charge is -2.27. The summed E-state index contributed by atoms with van der Waals surface area (Å²) < 4.78 is 0. The fraction of sp³-hybridized carbons (Fsp3) is 0.316. The van der Waals surface area contributed by atoms with Crippen LogP contribution in [0.3, 0.4) is 0 Å². The Hall–Kier alpha value is -2.13. The van der Waals surface area contributed by atoms with Gasteiger partial charge in [0.05, 0.1) is 5.41 Å². The van der Waals surface area contributed by atoms with E-state index >= 15 is 0 Å². The molecule has 3 N–H and O–H groups in total. The monoisotopic (exact) mass is 297 g/mol. The van der Waals surface area contributed by atoms with Gasteiger partial charge >= 0.3 is 5.97 Å². The van der Waals surface area contributed by atoms with Crippen LogP contribution in [0, 0.1) is 5.41 Å². The van der Waals surface area contributed by atoms with Gasteiger partial charge in [-0.3, -0.25) is 4.79 Å². The molecule has 2 rings (SSSR count). The summed E-state index contributed by atoms with van der Waals surface area (Å²) >= 11 is 0. The van der Waals surface area contributed by atoms with Crippen molar-refractivity contribution in [3.63, 3.8) is 0 Å². The van der Waals surface area contributed by atoms with Crippen LogP contribution in [0.5, 0.6) is 0 Å². The van der Waals surface area contributed by atoms with Crippen molar-refractivity contribution in [3.05, 3.63) is 60.2 Å². The molecule has 0 radical (unpaired) electrons. The van der Waals surface area contributed by atoms with E-state index in [1.165, 1.54) is 0 Å². The summed E-state index contributed by atoms with van der Waals surface area (Å²) in [5, 5.41) is 9.46. The molecule has 2 aromatic rings. The predicted octanol–water partition coefficient (Wildman–Crippen LogP) is 4.24. The van der Waals surface area contributed by atoms with Gasteiger partial charge in [-0.2, -0.15) is 0 Å². The van der Waals surface area contributed by atoms with Crippen LogP contribution >= 0.6 is 0 Å². The number of hydrogen-bond acceptors (Lipinski definition) is 2. The molecule has 3 heteroatoms. The second-order valence-corrected chi connectivity index (χ2v) is 5.98. The zero-order valence-corrected chi connectivity index (χ0v) is 13.1. The van der Waals surface area contributed by atoms with E-state index in [0.29, 0.717) is 12.8 Å². The molecule has 0 aliphatic rings. The number of rotatable bonds is 6. The first kappa shape index (κ1) is 16.2. The zero-order chi connectivity index (χ0) is 16.2. The van der Waals surface area contributed by atoms with Crippen LogP contribution in [0.25, 0.3) is 11.1 Å². The van der Waals surface area contributed by atoms with Gasteiger partial charge in [-0.05, 0) is 36.5 Å². The molecule has 2 aromatic carbocycles. The molecule has 0 amide bonds. The van der Waals surface area contributed by atoms with Crippen LogP contribution in [0.1, 0.15) is 38.3 Å². The summed E-state index contributed by atoms with van der Waals surface area (Å²) in [4.78, 5) is 11.5. The molecule has 2 atom stereocenters. The Morgan fingerprint density at radius 1 is 1.14 bits per heavy atom. The lowest BCUT2D eigenvalue weighted by Crippen LogP contribution is -2.31. The van der Waals surface area contributed by atoms with Crippen LogP contribution in [0.4, 0.5) is 0 Å². The van der Waals surface area contributed by atoms with Gasteiger partial charge in [0.25, 0.3) is 0 Å². The Morgan fingerprint density at radius 3 is 2.32 bits per heavy atom. The highest BCUT2D eigenvalue weighted by atomic mass is 16.4. The molecule has 2 unspecified atom stereocenters. The fourth-order valence-electron chi connectivity index (χ4n) is 2.68. The standard InChI is InChI=1S/C19H23NO2/c1-3-19(2,18(21)22)13-17(20)16-12-8-7-11-15(16)14-9-5-4-6-10-14/h4-12,17H,3,13,20H2,1-2H3,(H,21,22). The van der Waals surface area contributed by atoms with Crippen LogP contribution < -0.4 is 5.73 Å². The number of aliphatic carboxylic acids is 1. The Bertz CT molecular complexity index is 639. The molecular formula is C19H23NO2. The first-order chi connectivity index (χ1) is 10.5. The summed E-state index contributed by atoms with van der Waals surface area (Å²) in [5.41, 5.74) is 8.73. The number of hydrogen-bond donors (Lipinski definition) is 2. The van der Waals surface area contributed by atoms with Crippen molar-refractivity contribution in [1.82, 2.24) is 0 Å². The number of carboxylic acids is 1. The number of carboxylic acid groups (broad SMARTS) is 1. The van der Waals surface area contributed by atoms with Gasteiger partial charge in [0, 0.05) is 6.04 Å². The topological polar surface area (TPSA) is 63.3 Å². The first-order valence-electron chi connectivity index (χ1n) is 7.61. The van der Waals surface area contributed by atoms with Crippen molar-refractivity contribution in [2.45, 2.75) is 32.7 Å². The SMILES string of the molecule is CCC(C)(CC(N)c1ccccc1-c1ccccc1)C(=O)O. The highest BCUT2D eigenvalue weighted by molar-refractivity contribution is 5.74. The summed E-state index contributed by atoms with van der Waals surface area (Å²) in [6.45, 7) is 3.66. The van der Waals surface area contributed by atoms with E-state index in [9.17, 15) is 9.90 Å². The summed E-state index contributed by atoms with van der Waals surface area (Å²) in [5.74, 6) is -0.789. The molecule has 0 bridgehead atoms. The van der Waals surface area contributed by atoms with E-state index in [0.717, 1.165) is 16.7 Å². The average Bonchev–Trinajstić information content (AvgIpc) is 2.55. The lowest BCUT2D eigenvalue weighted by atomic mass is 9.78. The lowest BCUT2D eigenvalue weighted by molar-refractivity contribution is -0.148. The normalized spacial score (nSPS) is 15.0. The fourth-order valence-corrected chi connectivity index (χ4v) is 2.68. The first-order valence-corrected chi connectivity index (χ1v) is 7.61. The van der Waals surface area contributed by atoms with E-state index in [2.05, 4.69) is 0 Å². The molecule has 0 aliphatic heterocycles. The predicted molar refractivity (Wildman–Crippen MR) is 89.5 cm³/mol. The largest absolute Gasteiger partial charge is 0.481 e. The van der Waals surface area contributed by atoms with Gasteiger partial charge in [-0.1, -0.05) is 61.5 Å². The van der Waals surface area contributed by atoms with Crippen molar-refractivity contribution >= 4 is 5.97 Å². The third-order valence-corrected chi connectivity index (χ3v) is 4.41. The van der Waals surface area contributed by atoms with Gasteiger partial charge in [0.2, 0.25) is 0 Å². The van der Waals surface area contributed by atoms with Crippen LogP contribution in [0.15, 0.2) is 54.6 Å². The highest BCUT2D eigenvalue weighted by Gasteiger charge is 2.33. The van der Waals surface area contributed by atoms with Crippen LogP contribution in [-0.4, -0.2) is 11.1 Å². The van der Waals surface area contributed by atoms with Crippen LogP contribution in [0.2, 0.25) is 0 Å². The molecule has 116 valence electrons. The molecule has 0 aliphatic carbocycles. The molecule has 3 nitrogen and oxygen atoms in total. The molecule has 0 heterocycles. The second-order valence-electron chi connectivity index (χ2n) is 5.98. The van der Waals surface area contributed by atoms with Crippen LogP contribution in [-0.2, 0) is 4.79 Å². The van der Waals surface area contributed by atoms with Gasteiger partial charge in [-0.25, -0.2) is 0 Å².